The molecule has 1 aromatic heterocycles. The Balaban J connectivity index is 2.10. The second kappa shape index (κ2) is 6.27. The predicted octanol–water partition coefficient (Wildman–Crippen LogP) is 3.53. The molecule has 0 aliphatic rings. The third-order valence-corrected chi connectivity index (χ3v) is 3.54. The van der Waals surface area contributed by atoms with E-state index in [4.69, 9.17) is 4.42 Å². The maximum absolute atomic E-state index is 12.2. The minimum Gasteiger partial charge on any atom is -0.466 e. The Kier molecular flexibility index (Phi) is 4.44. The van der Waals surface area contributed by atoms with E-state index >= 15 is 0 Å². The highest BCUT2D eigenvalue weighted by Crippen LogP contribution is 2.20. The number of nitriles is 1. The summed E-state index contributed by atoms with van der Waals surface area (Å²) in [5, 5.41) is 12.0. The molecule has 4 nitrogen and oxygen atoms in total. The zero-order valence-electron chi connectivity index (χ0n) is 12.4. The molecule has 0 saturated heterocycles. The van der Waals surface area contributed by atoms with E-state index in [-0.39, 0.29) is 12.3 Å². The normalized spacial score (nSPS) is 11.7. The maximum Gasteiger partial charge on any atom is 0.242 e. The average molecular weight is 282 g/mol. The second-order valence-corrected chi connectivity index (χ2v) is 5.13. The van der Waals surface area contributed by atoms with Gasteiger partial charge in [-0.15, -0.1) is 0 Å². The summed E-state index contributed by atoms with van der Waals surface area (Å²) >= 11 is 0. The highest BCUT2D eigenvalue weighted by molar-refractivity contribution is 5.95. The molecule has 0 aliphatic carbocycles. The van der Waals surface area contributed by atoms with Gasteiger partial charge in [-0.1, -0.05) is 12.1 Å². The molecule has 1 atom stereocenters. The van der Waals surface area contributed by atoms with Crippen LogP contribution in [0.4, 0.5) is 5.69 Å². The molecule has 1 aromatic carbocycles. The van der Waals surface area contributed by atoms with Crippen molar-refractivity contribution in [3.63, 3.8) is 0 Å². The first-order valence-electron chi connectivity index (χ1n) is 6.83. The van der Waals surface area contributed by atoms with Crippen molar-refractivity contribution in [3.8, 4) is 6.07 Å². The highest BCUT2D eigenvalue weighted by Gasteiger charge is 2.20. The molecule has 21 heavy (non-hydrogen) atoms. The molecule has 108 valence electrons. The van der Waals surface area contributed by atoms with E-state index in [0.717, 1.165) is 22.6 Å². The maximum atomic E-state index is 12.2. The monoisotopic (exact) mass is 282 g/mol. The van der Waals surface area contributed by atoms with Gasteiger partial charge in [0.25, 0.3) is 0 Å². The van der Waals surface area contributed by atoms with Crippen LogP contribution in [-0.2, 0) is 11.2 Å². The zero-order valence-corrected chi connectivity index (χ0v) is 12.4. The Hall–Kier alpha value is -2.54. The van der Waals surface area contributed by atoms with Gasteiger partial charge in [0, 0.05) is 12.1 Å². The number of carbonyl (C=O) groups excluding carboxylic acids is 1. The van der Waals surface area contributed by atoms with Crippen molar-refractivity contribution in [2.24, 2.45) is 5.92 Å². The smallest absolute Gasteiger partial charge is 0.242 e. The van der Waals surface area contributed by atoms with Crippen molar-refractivity contribution in [1.82, 2.24) is 0 Å². The third kappa shape index (κ3) is 3.51. The molecule has 0 fully saturated rings. The van der Waals surface area contributed by atoms with Crippen LogP contribution in [0.1, 0.15) is 22.6 Å². The molecule has 0 spiro atoms. The number of amides is 1. The van der Waals surface area contributed by atoms with Gasteiger partial charge in [0.1, 0.15) is 17.4 Å². The summed E-state index contributed by atoms with van der Waals surface area (Å²) in [6.07, 6.45) is 0.279. The number of hydrogen-bond acceptors (Lipinski definition) is 3. The molecular weight excluding hydrogens is 264 g/mol. The number of nitrogens with zero attached hydrogens (tertiary/aromatic N) is 1. The molecule has 2 rings (SSSR count). The van der Waals surface area contributed by atoms with Crippen LogP contribution in [0, 0.1) is 38.0 Å². The van der Waals surface area contributed by atoms with Crippen LogP contribution >= 0.6 is 0 Å². The molecule has 0 saturated carbocycles. The Bertz CT molecular complexity index is 695. The fraction of sp³-hybridized carbons (Fsp3) is 0.294. The lowest BCUT2D eigenvalue weighted by atomic mass is 10.0. The summed E-state index contributed by atoms with van der Waals surface area (Å²) in [6.45, 7) is 5.77. The fourth-order valence-corrected chi connectivity index (χ4v) is 2.10. The average Bonchev–Trinajstić information content (AvgIpc) is 2.86. The van der Waals surface area contributed by atoms with E-state index in [1.807, 2.05) is 51.1 Å². The van der Waals surface area contributed by atoms with Crippen LogP contribution in [0.2, 0.25) is 0 Å². The van der Waals surface area contributed by atoms with E-state index < -0.39 is 5.92 Å². The van der Waals surface area contributed by atoms with Gasteiger partial charge in [0.2, 0.25) is 5.91 Å². The number of hydrogen-bond donors (Lipinski definition) is 1. The van der Waals surface area contributed by atoms with Gasteiger partial charge in [-0.25, -0.2) is 0 Å². The Morgan fingerprint density at radius 3 is 2.67 bits per heavy atom. The largest absolute Gasteiger partial charge is 0.466 e. The van der Waals surface area contributed by atoms with Crippen molar-refractivity contribution in [1.29, 1.82) is 5.26 Å². The van der Waals surface area contributed by atoms with Gasteiger partial charge in [0.05, 0.1) is 6.07 Å². The molecule has 1 N–H and O–H groups in total. The van der Waals surface area contributed by atoms with Crippen LogP contribution in [0.3, 0.4) is 0 Å². The van der Waals surface area contributed by atoms with Gasteiger partial charge >= 0.3 is 0 Å². The second-order valence-electron chi connectivity index (χ2n) is 5.13. The number of rotatable bonds is 4. The quantitative estimate of drug-likeness (QED) is 0.933. The van der Waals surface area contributed by atoms with Crippen molar-refractivity contribution < 1.29 is 9.21 Å². The lowest BCUT2D eigenvalue weighted by Crippen LogP contribution is -2.23. The van der Waals surface area contributed by atoms with Crippen LogP contribution < -0.4 is 5.32 Å². The Labute approximate surface area is 124 Å². The molecule has 0 aliphatic heterocycles. The van der Waals surface area contributed by atoms with E-state index in [1.165, 1.54) is 0 Å². The van der Waals surface area contributed by atoms with E-state index in [1.54, 1.807) is 6.07 Å². The van der Waals surface area contributed by atoms with Crippen molar-refractivity contribution in [2.45, 2.75) is 27.2 Å². The molecular formula is C17H18N2O2. The molecule has 0 unspecified atom stereocenters. The fourth-order valence-electron chi connectivity index (χ4n) is 2.10. The van der Waals surface area contributed by atoms with Gasteiger partial charge in [-0.05, 0) is 50.1 Å². The van der Waals surface area contributed by atoms with Crippen LogP contribution in [0.25, 0.3) is 0 Å². The summed E-state index contributed by atoms with van der Waals surface area (Å²) in [5.41, 5.74) is 2.86. The minimum atomic E-state index is -0.768. The van der Waals surface area contributed by atoms with Crippen LogP contribution in [0.5, 0.6) is 0 Å². The van der Waals surface area contributed by atoms with E-state index in [2.05, 4.69) is 5.32 Å². The first-order chi connectivity index (χ1) is 10.0. The first-order valence-corrected chi connectivity index (χ1v) is 6.83. The number of aryl methyl sites for hydroxylation is 2. The molecule has 2 aromatic rings. The van der Waals surface area contributed by atoms with Crippen LogP contribution in [-0.4, -0.2) is 5.91 Å². The summed E-state index contributed by atoms with van der Waals surface area (Å²) in [7, 11) is 0. The van der Waals surface area contributed by atoms with Crippen LogP contribution in [0.15, 0.2) is 34.7 Å². The zero-order chi connectivity index (χ0) is 15.4. The standard InChI is InChI=1S/C17H18N2O2/c1-11-5-4-6-16(13(11)3)19-17(20)14(10-18)9-15-8-7-12(2)21-15/h4-8,14H,9H2,1-3H3,(H,19,20)/t14-/m0/s1. The summed E-state index contributed by atoms with van der Waals surface area (Å²) in [5.74, 6) is 0.350. The Morgan fingerprint density at radius 2 is 2.05 bits per heavy atom. The lowest BCUT2D eigenvalue weighted by molar-refractivity contribution is -0.118. The number of benzene rings is 1. The van der Waals surface area contributed by atoms with E-state index in [0.29, 0.717) is 5.76 Å². The van der Waals surface area contributed by atoms with Crippen molar-refractivity contribution in [3.05, 3.63) is 53.0 Å². The predicted molar refractivity (Wildman–Crippen MR) is 80.8 cm³/mol. The number of furan rings is 1. The topological polar surface area (TPSA) is 66.0 Å². The minimum absolute atomic E-state index is 0.279. The summed E-state index contributed by atoms with van der Waals surface area (Å²) in [6, 6.07) is 11.4. The third-order valence-electron chi connectivity index (χ3n) is 3.54. The van der Waals surface area contributed by atoms with Gasteiger partial charge in [-0.2, -0.15) is 5.26 Å². The number of carbonyl (C=O) groups is 1. The van der Waals surface area contributed by atoms with Crippen molar-refractivity contribution in [2.75, 3.05) is 5.32 Å². The number of nitrogens with one attached hydrogen (secondary N) is 1. The van der Waals surface area contributed by atoms with Gasteiger partial charge in [-0.3, -0.25) is 4.79 Å². The van der Waals surface area contributed by atoms with Crippen molar-refractivity contribution >= 4 is 11.6 Å². The molecule has 0 radical (unpaired) electrons. The molecule has 4 heteroatoms. The summed E-state index contributed by atoms with van der Waals surface area (Å²) in [4.78, 5) is 12.2. The highest BCUT2D eigenvalue weighted by atomic mass is 16.3. The first kappa shape index (κ1) is 14.9. The van der Waals surface area contributed by atoms with Gasteiger partial charge < -0.3 is 9.73 Å². The SMILES string of the molecule is Cc1ccc(C[C@@H](C#N)C(=O)Nc2cccc(C)c2C)o1. The Morgan fingerprint density at radius 1 is 1.29 bits per heavy atom. The van der Waals surface area contributed by atoms with E-state index in [9.17, 15) is 10.1 Å². The summed E-state index contributed by atoms with van der Waals surface area (Å²) < 4.78 is 5.43. The molecule has 0 bridgehead atoms. The lowest BCUT2D eigenvalue weighted by Gasteiger charge is -2.12. The number of anilines is 1. The molecule has 1 amide bonds. The van der Waals surface area contributed by atoms with Gasteiger partial charge in [0.15, 0.2) is 0 Å². The molecule has 1 heterocycles.